The van der Waals surface area contributed by atoms with Gasteiger partial charge in [0, 0.05) is 12.5 Å². The summed E-state index contributed by atoms with van der Waals surface area (Å²) in [6, 6.07) is 1.42. The van der Waals surface area contributed by atoms with Gasteiger partial charge in [0.25, 0.3) is 0 Å². The van der Waals surface area contributed by atoms with Crippen molar-refractivity contribution in [3.05, 3.63) is 27.8 Å². The quantitative estimate of drug-likeness (QED) is 0.625. The Morgan fingerprint density at radius 3 is 2.75 bits per heavy atom. The highest BCUT2D eigenvalue weighted by atomic mass is 16.6. The number of nitrogens with zero attached hydrogens (tertiary/aromatic N) is 1. The molecule has 0 bridgehead atoms. The highest BCUT2D eigenvalue weighted by Crippen LogP contribution is 2.16. The van der Waals surface area contributed by atoms with E-state index < -0.39 is 5.63 Å². The second kappa shape index (κ2) is 5.34. The molecule has 1 aromatic rings. The molecule has 16 heavy (non-hydrogen) atoms. The van der Waals surface area contributed by atoms with E-state index in [4.69, 9.17) is 9.25 Å². The topological polar surface area (TPSA) is 72.0 Å². The van der Waals surface area contributed by atoms with Gasteiger partial charge in [0.1, 0.15) is 23.7 Å². The van der Waals surface area contributed by atoms with Gasteiger partial charge in [-0.05, 0) is 13.8 Å². The molecule has 1 N–H and O–H groups in total. The summed E-state index contributed by atoms with van der Waals surface area (Å²) in [6.07, 6.45) is 0.546. The monoisotopic (exact) mass is 225 g/mol. The standard InChI is InChI=1S/C11H15NO4/c1-4-8-6-9(13)10(11(14)16-8)7(3)12-15-5-2/h6,13H,4-5H2,1-3H3. The lowest BCUT2D eigenvalue weighted by atomic mass is 10.1. The van der Waals surface area contributed by atoms with Crippen LogP contribution in [0, 0.1) is 0 Å². The number of hydrogen-bond donors (Lipinski definition) is 1. The van der Waals surface area contributed by atoms with Gasteiger partial charge in [-0.1, -0.05) is 12.1 Å². The molecule has 0 aliphatic heterocycles. The van der Waals surface area contributed by atoms with Gasteiger partial charge < -0.3 is 14.4 Å². The van der Waals surface area contributed by atoms with Gasteiger partial charge in [-0.2, -0.15) is 0 Å². The van der Waals surface area contributed by atoms with Gasteiger partial charge >= 0.3 is 5.63 Å². The molecule has 0 aliphatic carbocycles. The van der Waals surface area contributed by atoms with E-state index in [2.05, 4.69) is 5.16 Å². The number of aromatic hydroxyl groups is 1. The Hall–Kier alpha value is -1.78. The minimum atomic E-state index is -0.599. The van der Waals surface area contributed by atoms with Crippen molar-refractivity contribution < 1.29 is 14.4 Å². The lowest BCUT2D eigenvalue weighted by molar-refractivity contribution is 0.158. The van der Waals surface area contributed by atoms with Crippen molar-refractivity contribution in [1.82, 2.24) is 0 Å². The van der Waals surface area contributed by atoms with E-state index in [9.17, 15) is 9.90 Å². The van der Waals surface area contributed by atoms with Crippen LogP contribution < -0.4 is 5.63 Å². The van der Waals surface area contributed by atoms with Gasteiger partial charge in [0.15, 0.2) is 0 Å². The minimum Gasteiger partial charge on any atom is -0.507 e. The Morgan fingerprint density at radius 2 is 2.25 bits per heavy atom. The van der Waals surface area contributed by atoms with Crippen molar-refractivity contribution in [3.63, 3.8) is 0 Å². The fourth-order valence-electron chi connectivity index (χ4n) is 1.24. The molecule has 0 atom stereocenters. The van der Waals surface area contributed by atoms with Crippen LogP contribution in [0.5, 0.6) is 5.75 Å². The van der Waals surface area contributed by atoms with E-state index in [0.29, 0.717) is 24.5 Å². The largest absolute Gasteiger partial charge is 0.507 e. The predicted molar refractivity (Wildman–Crippen MR) is 59.9 cm³/mol. The maximum atomic E-state index is 11.6. The lowest BCUT2D eigenvalue weighted by Crippen LogP contribution is -2.14. The Labute approximate surface area is 93.3 Å². The van der Waals surface area contributed by atoms with E-state index in [0.717, 1.165) is 0 Å². The summed E-state index contributed by atoms with van der Waals surface area (Å²) < 4.78 is 4.99. The van der Waals surface area contributed by atoms with Gasteiger partial charge in [-0.25, -0.2) is 4.79 Å². The molecular weight excluding hydrogens is 210 g/mol. The second-order valence-corrected chi connectivity index (χ2v) is 3.21. The zero-order valence-electron chi connectivity index (χ0n) is 9.61. The number of oxime groups is 1. The highest BCUT2D eigenvalue weighted by molar-refractivity contribution is 6.00. The Balaban J connectivity index is 3.19. The molecule has 0 aromatic carbocycles. The highest BCUT2D eigenvalue weighted by Gasteiger charge is 2.13. The summed E-state index contributed by atoms with van der Waals surface area (Å²) in [4.78, 5) is 16.4. The van der Waals surface area contributed by atoms with Crippen molar-refractivity contribution in [2.75, 3.05) is 6.61 Å². The van der Waals surface area contributed by atoms with Gasteiger partial charge in [-0.15, -0.1) is 0 Å². The predicted octanol–water partition coefficient (Wildman–Crippen LogP) is 1.67. The average Bonchev–Trinajstić information content (AvgIpc) is 2.25. The SMILES string of the molecule is CCON=C(C)c1c(O)cc(CC)oc1=O. The summed E-state index contributed by atoms with van der Waals surface area (Å²) in [5, 5.41) is 13.4. The molecule has 0 unspecified atom stereocenters. The Morgan fingerprint density at radius 1 is 1.56 bits per heavy atom. The van der Waals surface area contributed by atoms with Crippen LogP contribution >= 0.6 is 0 Å². The zero-order valence-corrected chi connectivity index (χ0v) is 9.61. The molecule has 0 aliphatic rings. The molecule has 88 valence electrons. The molecule has 1 heterocycles. The normalized spacial score (nSPS) is 11.6. The molecule has 0 fully saturated rings. The first kappa shape index (κ1) is 12.3. The minimum absolute atomic E-state index is 0.0469. The molecule has 0 saturated carbocycles. The number of hydrogen-bond acceptors (Lipinski definition) is 5. The summed E-state index contributed by atoms with van der Waals surface area (Å²) >= 11 is 0. The van der Waals surface area contributed by atoms with E-state index in [1.165, 1.54) is 6.07 Å². The van der Waals surface area contributed by atoms with Crippen LogP contribution in [-0.2, 0) is 11.3 Å². The van der Waals surface area contributed by atoms with Crippen molar-refractivity contribution in [2.45, 2.75) is 27.2 Å². The van der Waals surface area contributed by atoms with Crippen LogP contribution in [0.4, 0.5) is 0 Å². The van der Waals surface area contributed by atoms with E-state index in [1.807, 2.05) is 6.92 Å². The van der Waals surface area contributed by atoms with E-state index in [1.54, 1.807) is 13.8 Å². The maximum absolute atomic E-state index is 11.6. The van der Waals surface area contributed by atoms with Crippen LogP contribution in [0.3, 0.4) is 0 Å². The van der Waals surface area contributed by atoms with Gasteiger partial charge in [0.05, 0.1) is 5.71 Å². The fourth-order valence-corrected chi connectivity index (χ4v) is 1.24. The third-order valence-corrected chi connectivity index (χ3v) is 2.02. The Kier molecular flexibility index (Phi) is 4.10. The molecule has 0 amide bonds. The van der Waals surface area contributed by atoms with Crippen LogP contribution in [0.15, 0.2) is 20.4 Å². The Bertz CT molecular complexity index is 448. The smallest absolute Gasteiger partial charge is 0.348 e. The third-order valence-electron chi connectivity index (χ3n) is 2.02. The average molecular weight is 225 g/mol. The first-order valence-corrected chi connectivity index (χ1v) is 5.13. The van der Waals surface area contributed by atoms with E-state index in [-0.39, 0.29) is 11.3 Å². The van der Waals surface area contributed by atoms with Crippen LogP contribution in [0.1, 0.15) is 32.1 Å². The molecule has 1 aromatic heterocycles. The van der Waals surface area contributed by atoms with E-state index >= 15 is 0 Å². The molecule has 5 heteroatoms. The molecule has 1 rings (SSSR count). The van der Waals surface area contributed by atoms with Gasteiger partial charge in [-0.3, -0.25) is 0 Å². The molecule has 5 nitrogen and oxygen atoms in total. The molecule has 0 saturated heterocycles. The zero-order chi connectivity index (χ0) is 12.1. The lowest BCUT2D eigenvalue weighted by Gasteiger charge is -2.03. The van der Waals surface area contributed by atoms with Crippen LogP contribution in [0.2, 0.25) is 0 Å². The number of aryl methyl sites for hydroxylation is 1. The summed E-state index contributed by atoms with van der Waals surface area (Å²) in [5.41, 5.74) is -0.251. The second-order valence-electron chi connectivity index (χ2n) is 3.21. The summed E-state index contributed by atoms with van der Waals surface area (Å²) in [7, 11) is 0. The van der Waals surface area contributed by atoms with Gasteiger partial charge in [0.2, 0.25) is 0 Å². The third kappa shape index (κ3) is 2.62. The molecular formula is C11H15NO4. The van der Waals surface area contributed by atoms with Crippen LogP contribution in [-0.4, -0.2) is 17.4 Å². The fraction of sp³-hybridized carbons (Fsp3) is 0.455. The summed E-state index contributed by atoms with van der Waals surface area (Å²) in [5.74, 6) is 0.310. The number of rotatable bonds is 4. The first-order chi connectivity index (χ1) is 7.60. The maximum Gasteiger partial charge on any atom is 0.348 e. The molecule has 0 radical (unpaired) electrons. The summed E-state index contributed by atoms with van der Waals surface area (Å²) in [6.45, 7) is 5.58. The van der Waals surface area contributed by atoms with Crippen molar-refractivity contribution in [1.29, 1.82) is 0 Å². The van der Waals surface area contributed by atoms with Crippen molar-refractivity contribution in [2.24, 2.45) is 5.16 Å². The first-order valence-electron chi connectivity index (χ1n) is 5.13. The van der Waals surface area contributed by atoms with Crippen molar-refractivity contribution >= 4 is 5.71 Å². The van der Waals surface area contributed by atoms with Crippen molar-refractivity contribution in [3.8, 4) is 5.75 Å². The van der Waals surface area contributed by atoms with Crippen LogP contribution in [0.25, 0.3) is 0 Å². The molecule has 0 spiro atoms.